The van der Waals surface area contributed by atoms with Gasteiger partial charge in [0.25, 0.3) is 5.78 Å². The minimum atomic E-state index is -0.948. The number of thioether (sulfide) groups is 1. The van der Waals surface area contributed by atoms with Crippen molar-refractivity contribution >= 4 is 68.9 Å². The summed E-state index contributed by atoms with van der Waals surface area (Å²) in [6.45, 7) is 0. The lowest BCUT2D eigenvalue weighted by Gasteiger charge is -2.22. The van der Waals surface area contributed by atoms with Crippen LogP contribution in [0.3, 0.4) is 0 Å². The van der Waals surface area contributed by atoms with E-state index in [2.05, 4.69) is 10.2 Å². The highest BCUT2D eigenvalue weighted by Crippen LogP contribution is 2.44. The second-order valence-corrected chi connectivity index (χ2v) is 11.0. The van der Waals surface area contributed by atoms with Gasteiger partial charge in [-0.15, -0.1) is 10.2 Å². The molecule has 0 spiro atoms. The van der Waals surface area contributed by atoms with Crippen molar-refractivity contribution in [3.63, 3.8) is 0 Å². The van der Waals surface area contributed by atoms with E-state index in [1.165, 1.54) is 28.8 Å². The first kappa shape index (κ1) is 25.4. The minimum absolute atomic E-state index is 0.0784. The van der Waals surface area contributed by atoms with Crippen LogP contribution in [0.1, 0.15) is 22.7 Å². The van der Waals surface area contributed by atoms with Gasteiger partial charge >= 0.3 is 5.91 Å². The number of hydrogen-bond acceptors (Lipinski definition) is 7. The fourth-order valence-electron chi connectivity index (χ4n) is 3.84. The summed E-state index contributed by atoms with van der Waals surface area (Å²) in [4.78, 5) is 27.7. The molecule has 1 aromatic heterocycles. The van der Waals surface area contributed by atoms with E-state index in [0.29, 0.717) is 31.3 Å². The molecule has 1 N–H and O–H groups in total. The van der Waals surface area contributed by atoms with Gasteiger partial charge in [-0.1, -0.05) is 70.6 Å². The van der Waals surface area contributed by atoms with E-state index in [4.69, 9.17) is 23.2 Å². The Bertz CT molecular complexity index is 1510. The first-order valence-corrected chi connectivity index (χ1v) is 13.4. The minimum Gasteiger partial charge on any atom is -0.507 e. The Morgan fingerprint density at radius 3 is 2.22 bits per heavy atom. The molecule has 0 radical (unpaired) electrons. The molecule has 5 rings (SSSR count). The molecule has 1 saturated heterocycles. The van der Waals surface area contributed by atoms with Crippen molar-refractivity contribution < 1.29 is 19.1 Å². The molecule has 6 nitrogen and oxygen atoms in total. The van der Waals surface area contributed by atoms with Gasteiger partial charge in [0.2, 0.25) is 5.13 Å². The number of halogens is 3. The number of aliphatic hydroxyl groups is 1. The molecule has 0 aliphatic carbocycles. The van der Waals surface area contributed by atoms with E-state index in [9.17, 15) is 19.1 Å². The number of nitrogens with zero attached hydrogens (tertiary/aromatic N) is 3. The van der Waals surface area contributed by atoms with Gasteiger partial charge < -0.3 is 5.11 Å². The predicted octanol–water partition coefficient (Wildman–Crippen LogP) is 6.90. The van der Waals surface area contributed by atoms with Gasteiger partial charge in [-0.25, -0.2) is 4.39 Å². The monoisotopic (exact) mass is 571 g/mol. The maximum absolute atomic E-state index is 13.3. The Kier molecular flexibility index (Phi) is 7.30. The zero-order valence-electron chi connectivity index (χ0n) is 18.8. The van der Waals surface area contributed by atoms with Crippen molar-refractivity contribution in [2.75, 3.05) is 4.90 Å². The van der Waals surface area contributed by atoms with Crippen LogP contribution in [0.15, 0.2) is 82.7 Å². The van der Waals surface area contributed by atoms with E-state index in [1.54, 1.807) is 60.7 Å². The summed E-state index contributed by atoms with van der Waals surface area (Å²) < 4.78 is 13.7. The highest BCUT2D eigenvalue weighted by Gasteiger charge is 2.48. The van der Waals surface area contributed by atoms with Crippen LogP contribution in [0.5, 0.6) is 0 Å². The molecule has 1 amide bonds. The van der Waals surface area contributed by atoms with Crippen LogP contribution in [-0.4, -0.2) is 27.0 Å². The first-order chi connectivity index (χ1) is 17.8. The fraction of sp³-hybridized carbons (Fsp3) is 0.0769. The number of carbonyl (C=O) groups excluding carboxylic acids is 2. The number of hydrogen-bond donors (Lipinski definition) is 1. The number of Topliss-reactive ketones (excluding diaryl/α,β-unsaturated/α-hetero) is 1. The molecule has 11 heteroatoms. The van der Waals surface area contributed by atoms with Crippen LogP contribution in [0.25, 0.3) is 5.76 Å². The van der Waals surface area contributed by atoms with Crippen LogP contribution < -0.4 is 4.90 Å². The lowest BCUT2D eigenvalue weighted by molar-refractivity contribution is -0.132. The Morgan fingerprint density at radius 1 is 0.946 bits per heavy atom. The Labute approximate surface area is 229 Å². The number of aromatic nitrogens is 2. The van der Waals surface area contributed by atoms with Crippen molar-refractivity contribution in [1.29, 1.82) is 0 Å². The quantitative estimate of drug-likeness (QED) is 0.0890. The number of ketones is 1. The average Bonchev–Trinajstić information content (AvgIpc) is 3.46. The third-order valence-corrected chi connectivity index (χ3v) is 8.26. The number of rotatable bonds is 6. The molecule has 1 aliphatic rings. The third-order valence-electron chi connectivity index (χ3n) is 5.63. The summed E-state index contributed by atoms with van der Waals surface area (Å²) in [5, 5.41) is 20.6. The summed E-state index contributed by atoms with van der Waals surface area (Å²) in [5.74, 6) is -1.80. The van der Waals surface area contributed by atoms with Crippen molar-refractivity contribution in [3.05, 3.63) is 111 Å². The van der Waals surface area contributed by atoms with E-state index in [0.717, 1.165) is 16.9 Å². The smallest absolute Gasteiger partial charge is 0.301 e. The van der Waals surface area contributed by atoms with Crippen molar-refractivity contribution in [2.45, 2.75) is 16.1 Å². The van der Waals surface area contributed by atoms with Gasteiger partial charge in [-0.05, 0) is 59.7 Å². The van der Waals surface area contributed by atoms with E-state index in [1.807, 2.05) is 0 Å². The van der Waals surface area contributed by atoms with E-state index in [-0.39, 0.29) is 22.3 Å². The standard InChI is InChI=1S/C26H16Cl2FN3O3S2/c27-17-7-3-15(4-8-17)21-20(22(33)16-5-9-18(28)10-6-16)23(34)24(35)32(21)25-30-31-26(37-25)36-13-14-1-11-19(29)12-2-14/h1-12,21,33H,13H2/b22-20-. The van der Waals surface area contributed by atoms with Gasteiger partial charge in [0.15, 0.2) is 4.34 Å². The number of amides is 1. The summed E-state index contributed by atoms with van der Waals surface area (Å²) in [6.07, 6.45) is 0. The number of anilines is 1. The molecule has 4 aromatic rings. The topological polar surface area (TPSA) is 83.4 Å². The predicted molar refractivity (Wildman–Crippen MR) is 144 cm³/mol. The second kappa shape index (κ2) is 10.6. The number of benzene rings is 3. The summed E-state index contributed by atoms with van der Waals surface area (Å²) in [7, 11) is 0. The zero-order valence-corrected chi connectivity index (χ0v) is 21.9. The van der Waals surface area contributed by atoms with Gasteiger partial charge in [0.1, 0.15) is 11.6 Å². The molecule has 1 unspecified atom stereocenters. The molecule has 3 aromatic carbocycles. The molecular formula is C26H16Cl2FN3O3S2. The Balaban J connectivity index is 1.53. The van der Waals surface area contributed by atoms with Crippen LogP contribution in [0, 0.1) is 5.82 Å². The highest BCUT2D eigenvalue weighted by atomic mass is 35.5. The van der Waals surface area contributed by atoms with Crippen LogP contribution in [0.2, 0.25) is 10.0 Å². The Morgan fingerprint density at radius 2 is 1.57 bits per heavy atom. The number of carbonyl (C=O) groups is 2. The molecular weight excluding hydrogens is 556 g/mol. The second-order valence-electron chi connectivity index (χ2n) is 7.99. The van der Waals surface area contributed by atoms with Gasteiger partial charge in [0, 0.05) is 21.4 Å². The van der Waals surface area contributed by atoms with E-state index < -0.39 is 17.7 Å². The van der Waals surface area contributed by atoms with Crippen molar-refractivity contribution in [3.8, 4) is 0 Å². The third kappa shape index (κ3) is 5.26. The molecule has 1 fully saturated rings. The molecule has 0 bridgehead atoms. The van der Waals surface area contributed by atoms with Crippen molar-refractivity contribution in [1.82, 2.24) is 10.2 Å². The van der Waals surface area contributed by atoms with Crippen LogP contribution in [-0.2, 0) is 15.3 Å². The van der Waals surface area contributed by atoms with Crippen LogP contribution in [0.4, 0.5) is 9.52 Å². The summed E-state index contributed by atoms with van der Waals surface area (Å²) >= 11 is 14.6. The normalized spacial score (nSPS) is 16.9. The molecule has 1 atom stereocenters. The van der Waals surface area contributed by atoms with Gasteiger partial charge in [-0.3, -0.25) is 14.5 Å². The van der Waals surface area contributed by atoms with Crippen molar-refractivity contribution in [2.24, 2.45) is 0 Å². The van der Waals surface area contributed by atoms with Gasteiger partial charge in [0.05, 0.1) is 11.6 Å². The molecule has 0 saturated carbocycles. The van der Waals surface area contributed by atoms with E-state index >= 15 is 0 Å². The maximum Gasteiger partial charge on any atom is 0.301 e. The van der Waals surface area contributed by atoms with Crippen LogP contribution >= 0.6 is 46.3 Å². The fourth-order valence-corrected chi connectivity index (χ4v) is 5.91. The molecule has 37 heavy (non-hydrogen) atoms. The lowest BCUT2D eigenvalue weighted by Crippen LogP contribution is -2.29. The summed E-state index contributed by atoms with van der Waals surface area (Å²) in [5.41, 5.74) is 1.72. The first-order valence-electron chi connectivity index (χ1n) is 10.8. The molecule has 186 valence electrons. The highest BCUT2D eigenvalue weighted by molar-refractivity contribution is 8.00. The number of aliphatic hydroxyl groups excluding tert-OH is 1. The molecule has 1 aliphatic heterocycles. The average molecular weight is 572 g/mol. The SMILES string of the molecule is O=C1C(=O)N(c2nnc(SCc3ccc(F)cc3)s2)C(c2ccc(Cl)cc2)/C1=C(/O)c1ccc(Cl)cc1. The lowest BCUT2D eigenvalue weighted by atomic mass is 9.95. The largest absolute Gasteiger partial charge is 0.507 e. The Hall–Kier alpha value is -3.24. The zero-order chi connectivity index (χ0) is 26.1. The summed E-state index contributed by atoms with van der Waals surface area (Å²) in [6, 6.07) is 18.1. The van der Waals surface area contributed by atoms with Gasteiger partial charge in [-0.2, -0.15) is 0 Å². The molecule has 2 heterocycles. The maximum atomic E-state index is 13.3.